The van der Waals surface area contributed by atoms with Gasteiger partial charge in [0.1, 0.15) is 11.6 Å². The monoisotopic (exact) mass is 327 g/mol. The summed E-state index contributed by atoms with van der Waals surface area (Å²) in [5.74, 6) is 0.815. The molecule has 1 N–H and O–H groups in total. The Bertz CT molecular complexity index is 798. The van der Waals surface area contributed by atoms with Crippen molar-refractivity contribution in [3.63, 3.8) is 0 Å². The molecule has 0 unspecified atom stereocenters. The Morgan fingerprint density at radius 3 is 3.00 bits per heavy atom. The molecule has 5 heteroatoms. The number of rotatable bonds is 1. The van der Waals surface area contributed by atoms with Crippen LogP contribution in [0.2, 0.25) is 0 Å². The second-order valence-corrected chi connectivity index (χ2v) is 7.06. The molecule has 1 aliphatic carbocycles. The number of anilines is 1. The van der Waals surface area contributed by atoms with Gasteiger partial charge in [-0.3, -0.25) is 4.79 Å². The van der Waals surface area contributed by atoms with Crippen molar-refractivity contribution < 1.29 is 9.18 Å². The first-order valence-electron chi connectivity index (χ1n) is 8.69. The van der Waals surface area contributed by atoms with Crippen molar-refractivity contribution in [3.05, 3.63) is 46.8 Å². The minimum absolute atomic E-state index is 0.0317. The Morgan fingerprint density at radius 1 is 1.33 bits per heavy atom. The molecule has 126 valence electrons. The third-order valence-electron chi connectivity index (χ3n) is 5.32. The molecular weight excluding hydrogens is 305 g/mol. The van der Waals surface area contributed by atoms with Gasteiger partial charge >= 0.3 is 0 Å². The van der Waals surface area contributed by atoms with Crippen LogP contribution in [0, 0.1) is 18.7 Å². The second kappa shape index (κ2) is 5.72. The molecule has 2 atom stereocenters. The van der Waals surface area contributed by atoms with E-state index in [4.69, 9.17) is 0 Å². The van der Waals surface area contributed by atoms with E-state index < -0.39 is 0 Å². The van der Waals surface area contributed by atoms with Crippen LogP contribution in [-0.2, 0) is 24.1 Å². The van der Waals surface area contributed by atoms with Crippen LogP contribution in [0.15, 0.2) is 18.2 Å². The van der Waals surface area contributed by atoms with E-state index in [1.165, 1.54) is 6.07 Å². The number of aromatic amines is 1. The summed E-state index contributed by atoms with van der Waals surface area (Å²) in [5, 5.41) is 0. The quantitative estimate of drug-likeness (QED) is 0.873. The maximum absolute atomic E-state index is 13.5. The highest BCUT2D eigenvalue weighted by molar-refractivity contribution is 5.97. The predicted octanol–water partition coefficient (Wildman–Crippen LogP) is 3.33. The van der Waals surface area contributed by atoms with Gasteiger partial charge in [-0.05, 0) is 63.3 Å². The summed E-state index contributed by atoms with van der Waals surface area (Å²) in [6.07, 6.45) is 4.09. The molecule has 0 radical (unpaired) electrons. The van der Waals surface area contributed by atoms with E-state index >= 15 is 0 Å². The van der Waals surface area contributed by atoms with Gasteiger partial charge in [0.25, 0.3) is 0 Å². The molecule has 1 aromatic heterocycles. The van der Waals surface area contributed by atoms with Crippen molar-refractivity contribution in [2.45, 2.75) is 52.0 Å². The third-order valence-corrected chi connectivity index (χ3v) is 5.32. The Morgan fingerprint density at radius 2 is 2.17 bits per heavy atom. The molecule has 4 nitrogen and oxygen atoms in total. The van der Waals surface area contributed by atoms with Crippen LogP contribution in [0.25, 0.3) is 0 Å². The average Bonchev–Trinajstić information content (AvgIpc) is 2.93. The van der Waals surface area contributed by atoms with Gasteiger partial charge in [-0.2, -0.15) is 0 Å². The SMILES string of the molecule is Cc1nc2c([nH]1)C[C@@H](C(=O)N1c3ccc(F)cc3CC[C@@H]1C)CC2. The Balaban J connectivity index is 1.63. The van der Waals surface area contributed by atoms with Crippen molar-refractivity contribution in [2.24, 2.45) is 5.92 Å². The summed E-state index contributed by atoms with van der Waals surface area (Å²) in [4.78, 5) is 22.9. The van der Waals surface area contributed by atoms with Crippen LogP contribution >= 0.6 is 0 Å². The van der Waals surface area contributed by atoms with Crippen molar-refractivity contribution in [3.8, 4) is 0 Å². The first kappa shape index (κ1) is 15.4. The minimum atomic E-state index is -0.231. The standard InChI is InChI=1S/C19H22FN3O/c1-11-3-4-13-9-15(20)6-8-18(13)23(11)19(24)14-5-7-16-17(10-14)22-12(2)21-16/h6,8-9,11,14H,3-5,7,10H2,1-2H3,(H,21,22)/t11-,14-/m0/s1. The van der Waals surface area contributed by atoms with Gasteiger partial charge in [-0.15, -0.1) is 0 Å². The van der Waals surface area contributed by atoms with Crippen LogP contribution in [-0.4, -0.2) is 21.9 Å². The topological polar surface area (TPSA) is 49.0 Å². The van der Waals surface area contributed by atoms with Gasteiger partial charge < -0.3 is 9.88 Å². The van der Waals surface area contributed by atoms with Crippen molar-refractivity contribution in [2.75, 3.05) is 4.90 Å². The number of amides is 1. The Kier molecular flexibility index (Phi) is 3.66. The number of nitrogens with zero attached hydrogens (tertiary/aromatic N) is 2. The van der Waals surface area contributed by atoms with Crippen molar-refractivity contribution in [1.29, 1.82) is 0 Å². The van der Waals surface area contributed by atoms with E-state index in [1.54, 1.807) is 12.1 Å². The fourth-order valence-corrected chi connectivity index (χ4v) is 4.09. The van der Waals surface area contributed by atoms with E-state index in [2.05, 4.69) is 16.9 Å². The maximum atomic E-state index is 13.5. The zero-order valence-electron chi connectivity index (χ0n) is 14.1. The zero-order valence-corrected chi connectivity index (χ0v) is 14.1. The van der Waals surface area contributed by atoms with Gasteiger partial charge in [0.2, 0.25) is 5.91 Å². The van der Waals surface area contributed by atoms with Gasteiger partial charge in [0.15, 0.2) is 0 Å². The van der Waals surface area contributed by atoms with Crippen LogP contribution in [0.3, 0.4) is 0 Å². The molecule has 4 rings (SSSR count). The lowest BCUT2D eigenvalue weighted by Crippen LogP contribution is -2.46. The number of nitrogens with one attached hydrogen (secondary N) is 1. The Labute approximate surface area is 141 Å². The first-order valence-corrected chi connectivity index (χ1v) is 8.69. The summed E-state index contributed by atoms with van der Waals surface area (Å²) >= 11 is 0. The number of hydrogen-bond donors (Lipinski definition) is 1. The number of aryl methyl sites for hydroxylation is 3. The molecule has 1 aliphatic heterocycles. The summed E-state index contributed by atoms with van der Waals surface area (Å²) in [6.45, 7) is 4.03. The number of aromatic nitrogens is 2. The van der Waals surface area contributed by atoms with E-state index in [0.29, 0.717) is 0 Å². The number of hydrogen-bond acceptors (Lipinski definition) is 2. The van der Waals surface area contributed by atoms with Gasteiger partial charge in [-0.1, -0.05) is 0 Å². The number of halogens is 1. The molecule has 0 saturated heterocycles. The highest BCUT2D eigenvalue weighted by Gasteiger charge is 2.35. The number of carbonyl (C=O) groups excluding carboxylic acids is 1. The number of fused-ring (bicyclic) bond motifs is 2. The van der Waals surface area contributed by atoms with Gasteiger partial charge in [-0.25, -0.2) is 9.37 Å². The van der Waals surface area contributed by atoms with Crippen LogP contribution in [0.1, 0.15) is 42.5 Å². The average molecular weight is 327 g/mol. The molecule has 1 amide bonds. The van der Waals surface area contributed by atoms with Gasteiger partial charge in [0, 0.05) is 29.8 Å². The summed E-state index contributed by atoms with van der Waals surface area (Å²) < 4.78 is 13.5. The number of carbonyl (C=O) groups is 1. The van der Waals surface area contributed by atoms with E-state index in [0.717, 1.165) is 60.6 Å². The largest absolute Gasteiger partial charge is 0.346 e. The molecule has 0 bridgehead atoms. The molecule has 2 aliphatic rings. The molecule has 24 heavy (non-hydrogen) atoms. The maximum Gasteiger partial charge on any atom is 0.230 e. The predicted molar refractivity (Wildman–Crippen MR) is 90.5 cm³/mol. The van der Waals surface area contributed by atoms with E-state index in [9.17, 15) is 9.18 Å². The fraction of sp³-hybridized carbons (Fsp3) is 0.474. The summed E-state index contributed by atoms with van der Waals surface area (Å²) in [7, 11) is 0. The molecule has 2 heterocycles. The molecule has 2 aromatic rings. The molecule has 0 spiro atoms. The summed E-state index contributed by atoms with van der Waals surface area (Å²) in [5.41, 5.74) is 4.02. The Hall–Kier alpha value is -2.17. The third kappa shape index (κ3) is 2.52. The fourth-order valence-electron chi connectivity index (χ4n) is 4.09. The molecule has 0 saturated carbocycles. The second-order valence-electron chi connectivity index (χ2n) is 7.06. The zero-order chi connectivity index (χ0) is 16.8. The van der Waals surface area contributed by atoms with Gasteiger partial charge in [0.05, 0.1) is 5.69 Å². The number of H-pyrrole nitrogens is 1. The lowest BCUT2D eigenvalue weighted by atomic mass is 9.87. The van der Waals surface area contributed by atoms with Crippen LogP contribution in [0.4, 0.5) is 10.1 Å². The first-order chi connectivity index (χ1) is 11.5. The smallest absolute Gasteiger partial charge is 0.230 e. The number of imidazole rings is 1. The highest BCUT2D eigenvalue weighted by Crippen LogP contribution is 2.34. The lowest BCUT2D eigenvalue weighted by molar-refractivity contribution is -0.123. The van der Waals surface area contributed by atoms with Crippen molar-refractivity contribution in [1.82, 2.24) is 9.97 Å². The van der Waals surface area contributed by atoms with Crippen molar-refractivity contribution >= 4 is 11.6 Å². The number of benzene rings is 1. The highest BCUT2D eigenvalue weighted by atomic mass is 19.1. The molecular formula is C19H22FN3O. The van der Waals surface area contributed by atoms with E-state index in [1.807, 2.05) is 11.8 Å². The van der Waals surface area contributed by atoms with Crippen LogP contribution < -0.4 is 4.90 Å². The normalized spacial score (nSPS) is 22.9. The summed E-state index contributed by atoms with van der Waals surface area (Å²) in [6, 6.07) is 4.93. The minimum Gasteiger partial charge on any atom is -0.346 e. The lowest BCUT2D eigenvalue weighted by Gasteiger charge is -2.38. The van der Waals surface area contributed by atoms with E-state index in [-0.39, 0.29) is 23.7 Å². The molecule has 1 aromatic carbocycles. The molecule has 0 fully saturated rings. The van der Waals surface area contributed by atoms with Crippen LogP contribution in [0.5, 0.6) is 0 Å².